The maximum Gasteiger partial charge on any atom is 0.361 e. The third kappa shape index (κ3) is 62.4. The lowest BCUT2D eigenvalue weighted by molar-refractivity contribution is -0.870. The highest BCUT2D eigenvalue weighted by atomic mass is 16.7. The molecule has 2 unspecified atom stereocenters. The number of allylic oxidation sites excluding steroid dienone is 10. The highest BCUT2D eigenvalue weighted by molar-refractivity contribution is 5.71. The number of esters is 2. The van der Waals surface area contributed by atoms with E-state index >= 15 is 0 Å². The molecule has 0 bridgehead atoms. The average molecular weight is 1110 g/mol. The number of carboxylic acid groups (broad SMARTS) is 1. The SMILES string of the molecule is CC/C=C\C/C=C\C/C=C\C/C=C\C/C=C\CCCCCC(=O)OC(COC(=O)CCCCCCCCCCCCCCCCCCCCCCCCCCCCCCCCCCCCC)COC(OCC[N+](C)(C)C)C(=O)O. The van der Waals surface area contributed by atoms with Crippen LogP contribution in [0.1, 0.15) is 309 Å². The van der Waals surface area contributed by atoms with Crippen molar-refractivity contribution in [1.29, 1.82) is 0 Å². The molecule has 9 nitrogen and oxygen atoms in total. The molecule has 0 aromatic heterocycles. The van der Waals surface area contributed by atoms with Gasteiger partial charge < -0.3 is 28.5 Å². The number of aliphatic carboxylic acids is 1. The first kappa shape index (κ1) is 76.0. The molecule has 460 valence electrons. The van der Waals surface area contributed by atoms with E-state index in [9.17, 15) is 19.5 Å². The number of ether oxygens (including phenoxy) is 4. The number of likely N-dealkylation sites (N-methyl/N-ethyl adjacent to an activating group) is 1. The Morgan fingerprint density at radius 2 is 0.722 bits per heavy atom. The zero-order valence-corrected chi connectivity index (χ0v) is 52.5. The average Bonchev–Trinajstić information content (AvgIpc) is 3.42. The summed E-state index contributed by atoms with van der Waals surface area (Å²) in [6, 6.07) is 0. The molecule has 0 aromatic rings. The lowest BCUT2D eigenvalue weighted by atomic mass is 10.0. The van der Waals surface area contributed by atoms with Crippen LogP contribution in [0.15, 0.2) is 60.8 Å². The van der Waals surface area contributed by atoms with E-state index in [4.69, 9.17) is 18.9 Å². The lowest BCUT2D eigenvalue weighted by Gasteiger charge is -2.25. The number of nitrogens with zero attached hydrogens (tertiary/aromatic N) is 1. The summed E-state index contributed by atoms with van der Waals surface area (Å²) in [6.45, 7) is 4.76. The van der Waals surface area contributed by atoms with Gasteiger partial charge in [-0.1, -0.05) is 299 Å². The molecule has 0 heterocycles. The van der Waals surface area contributed by atoms with Crippen molar-refractivity contribution < 1.29 is 42.9 Å². The summed E-state index contributed by atoms with van der Waals surface area (Å²) < 4.78 is 22.9. The summed E-state index contributed by atoms with van der Waals surface area (Å²) in [5, 5.41) is 9.72. The Morgan fingerprint density at radius 3 is 1.08 bits per heavy atom. The van der Waals surface area contributed by atoms with Crippen LogP contribution in [-0.2, 0) is 33.3 Å². The Kier molecular flexibility index (Phi) is 58.7. The molecule has 0 aromatic carbocycles. The molecule has 0 aliphatic carbocycles. The highest BCUT2D eigenvalue weighted by Crippen LogP contribution is 2.18. The number of hydrogen-bond acceptors (Lipinski definition) is 7. The molecule has 0 spiro atoms. The van der Waals surface area contributed by atoms with Gasteiger partial charge in [-0.3, -0.25) is 9.59 Å². The van der Waals surface area contributed by atoms with Crippen LogP contribution in [0.5, 0.6) is 0 Å². The van der Waals surface area contributed by atoms with E-state index in [1.807, 2.05) is 21.1 Å². The van der Waals surface area contributed by atoms with Crippen molar-refractivity contribution in [1.82, 2.24) is 0 Å². The smallest absolute Gasteiger partial charge is 0.361 e. The van der Waals surface area contributed by atoms with Crippen LogP contribution in [0.4, 0.5) is 0 Å². The summed E-state index contributed by atoms with van der Waals surface area (Å²) in [7, 11) is 5.96. The highest BCUT2D eigenvalue weighted by Gasteiger charge is 2.25. The van der Waals surface area contributed by atoms with Gasteiger partial charge in [0.25, 0.3) is 6.29 Å². The van der Waals surface area contributed by atoms with Crippen LogP contribution in [0.2, 0.25) is 0 Å². The molecule has 79 heavy (non-hydrogen) atoms. The van der Waals surface area contributed by atoms with Crippen molar-refractivity contribution in [3.8, 4) is 0 Å². The second-order valence-electron chi connectivity index (χ2n) is 23.8. The second-order valence-corrected chi connectivity index (χ2v) is 23.8. The van der Waals surface area contributed by atoms with Gasteiger partial charge in [0.1, 0.15) is 13.2 Å². The van der Waals surface area contributed by atoms with Crippen molar-refractivity contribution in [2.75, 3.05) is 47.5 Å². The molecule has 0 aliphatic rings. The fraction of sp³-hybridized carbons (Fsp3) is 0.814. The number of hydrogen-bond donors (Lipinski definition) is 1. The fourth-order valence-electron chi connectivity index (χ4n) is 9.69. The quantitative estimate of drug-likeness (QED) is 0.0211. The zero-order chi connectivity index (χ0) is 57.6. The predicted octanol–water partition coefficient (Wildman–Crippen LogP) is 20.4. The maximum absolute atomic E-state index is 12.9. The summed E-state index contributed by atoms with van der Waals surface area (Å²) in [6.07, 6.45) is 76.4. The van der Waals surface area contributed by atoms with Crippen molar-refractivity contribution in [3.05, 3.63) is 60.8 Å². The van der Waals surface area contributed by atoms with Gasteiger partial charge in [0.05, 0.1) is 34.4 Å². The maximum atomic E-state index is 12.9. The Morgan fingerprint density at radius 1 is 0.392 bits per heavy atom. The molecule has 0 aliphatic heterocycles. The van der Waals surface area contributed by atoms with Gasteiger partial charge in [-0.25, -0.2) is 4.79 Å². The monoisotopic (exact) mass is 1110 g/mol. The summed E-state index contributed by atoms with van der Waals surface area (Å²) >= 11 is 0. The molecular weight excluding hydrogens is 983 g/mol. The molecule has 9 heteroatoms. The van der Waals surface area contributed by atoms with E-state index < -0.39 is 24.3 Å². The third-order valence-electron chi connectivity index (χ3n) is 14.8. The van der Waals surface area contributed by atoms with E-state index in [0.717, 1.165) is 70.6 Å². The standard InChI is InChI=1S/C70H127NO8/c1-6-8-10-12-14-16-18-20-22-24-26-27-28-29-30-31-32-33-34-35-36-37-38-39-40-41-43-44-46-48-50-52-54-56-58-60-67(72)77-64-66(65-78-70(69(74)75)76-63-62-71(3,4)5)79-68(73)61-59-57-55-53-51-49-47-45-42-25-23-21-19-17-15-13-11-9-7-2/h9,11,15,17,21,23,42,45,49,51,66,70H,6-8,10,12-14,16,18-20,22,24-41,43-44,46-48,50,52-65H2,1-5H3/p+1/b11-9-,17-15-,23-21-,45-42-,51-49-. The minimum atomic E-state index is -1.52. The Balaban J connectivity index is 4.04. The molecule has 0 saturated carbocycles. The largest absolute Gasteiger partial charge is 0.477 e. The fourth-order valence-corrected chi connectivity index (χ4v) is 9.69. The first-order valence-electron chi connectivity index (χ1n) is 33.5. The summed E-state index contributed by atoms with van der Waals surface area (Å²) in [5.41, 5.74) is 0. The van der Waals surface area contributed by atoms with Crippen molar-refractivity contribution >= 4 is 17.9 Å². The van der Waals surface area contributed by atoms with Crippen molar-refractivity contribution in [2.24, 2.45) is 0 Å². The van der Waals surface area contributed by atoms with Crippen LogP contribution >= 0.6 is 0 Å². The van der Waals surface area contributed by atoms with E-state index in [2.05, 4.69) is 74.6 Å². The Bertz CT molecular complexity index is 1480. The van der Waals surface area contributed by atoms with E-state index in [1.165, 1.54) is 205 Å². The first-order chi connectivity index (χ1) is 38.6. The van der Waals surface area contributed by atoms with Gasteiger partial charge in [-0.05, 0) is 57.8 Å². The number of rotatable bonds is 62. The normalized spacial score (nSPS) is 13.1. The molecule has 0 radical (unpaired) electrons. The number of carboxylic acids is 1. The van der Waals surface area contributed by atoms with Gasteiger partial charge in [-0.2, -0.15) is 0 Å². The molecule has 0 fully saturated rings. The minimum Gasteiger partial charge on any atom is -0.477 e. The van der Waals surface area contributed by atoms with Crippen LogP contribution < -0.4 is 0 Å². The van der Waals surface area contributed by atoms with Crippen molar-refractivity contribution in [3.63, 3.8) is 0 Å². The number of carbonyl (C=O) groups excluding carboxylic acids is 2. The van der Waals surface area contributed by atoms with Crippen LogP contribution in [0.25, 0.3) is 0 Å². The molecule has 0 amide bonds. The summed E-state index contributed by atoms with van der Waals surface area (Å²) in [5.74, 6) is -2.04. The number of quaternary nitrogens is 1. The topological polar surface area (TPSA) is 108 Å². The third-order valence-corrected chi connectivity index (χ3v) is 14.8. The van der Waals surface area contributed by atoms with Crippen LogP contribution in [0, 0.1) is 0 Å². The van der Waals surface area contributed by atoms with E-state index in [1.54, 1.807) is 0 Å². The van der Waals surface area contributed by atoms with Gasteiger partial charge >= 0.3 is 17.9 Å². The van der Waals surface area contributed by atoms with Gasteiger partial charge in [0.2, 0.25) is 0 Å². The second kappa shape index (κ2) is 61.1. The first-order valence-corrected chi connectivity index (χ1v) is 33.5. The number of carbonyl (C=O) groups is 3. The van der Waals surface area contributed by atoms with E-state index in [-0.39, 0.29) is 32.2 Å². The summed E-state index contributed by atoms with van der Waals surface area (Å²) in [4.78, 5) is 37.5. The molecular formula is C70H128NO8+. The minimum absolute atomic E-state index is 0.180. The van der Waals surface area contributed by atoms with Crippen LogP contribution in [0.3, 0.4) is 0 Å². The zero-order valence-electron chi connectivity index (χ0n) is 52.5. The van der Waals surface area contributed by atoms with E-state index in [0.29, 0.717) is 23.9 Å². The molecule has 0 saturated heterocycles. The lowest BCUT2D eigenvalue weighted by Crippen LogP contribution is -2.40. The Hall–Kier alpha value is -3.01. The van der Waals surface area contributed by atoms with Gasteiger partial charge in [0.15, 0.2) is 6.10 Å². The predicted molar refractivity (Wildman–Crippen MR) is 336 cm³/mol. The Labute approximate surface area is 488 Å². The van der Waals surface area contributed by atoms with Gasteiger partial charge in [0, 0.05) is 12.8 Å². The number of unbranched alkanes of at least 4 members (excludes halogenated alkanes) is 37. The molecule has 1 N–H and O–H groups in total. The molecule has 0 rings (SSSR count). The molecule has 2 atom stereocenters. The van der Waals surface area contributed by atoms with Gasteiger partial charge in [-0.15, -0.1) is 0 Å². The van der Waals surface area contributed by atoms with Crippen molar-refractivity contribution in [2.45, 2.75) is 322 Å². The van der Waals surface area contributed by atoms with Crippen LogP contribution in [-0.4, -0.2) is 87.4 Å².